The van der Waals surface area contributed by atoms with E-state index >= 15 is 0 Å². The minimum atomic E-state index is -2.10. The van der Waals surface area contributed by atoms with Crippen LogP contribution in [0.2, 0.25) is 10.0 Å². The minimum absolute atomic E-state index is 0.0670. The molecule has 8 nitrogen and oxygen atoms in total. The fraction of sp³-hybridized carbons (Fsp3) is 0.167. The lowest BCUT2D eigenvalue weighted by atomic mass is 9.75. The summed E-state index contributed by atoms with van der Waals surface area (Å²) in [6.45, 7) is 0. The average molecular weight is 502 g/mol. The van der Waals surface area contributed by atoms with Crippen LogP contribution in [-0.2, 0) is 38.8 Å². The summed E-state index contributed by atoms with van der Waals surface area (Å²) in [6, 6.07) is 10.7. The number of carbonyl (C=O) groups excluding carboxylic acids is 4. The molecule has 0 spiro atoms. The van der Waals surface area contributed by atoms with E-state index in [1.807, 2.05) is 0 Å². The van der Waals surface area contributed by atoms with Crippen LogP contribution in [0.4, 0.5) is 5.69 Å². The third-order valence-corrected chi connectivity index (χ3v) is 6.17. The number of hydrogen-bond donors (Lipinski definition) is 0. The summed E-state index contributed by atoms with van der Waals surface area (Å²) in [5, 5.41) is 0.639. The van der Waals surface area contributed by atoms with Gasteiger partial charge in [-0.3, -0.25) is 19.3 Å². The molecule has 0 N–H and O–H groups in total. The van der Waals surface area contributed by atoms with Gasteiger partial charge in [-0.25, -0.2) is 4.79 Å². The minimum Gasteiger partial charge on any atom is -0.468 e. The zero-order valence-electron chi connectivity index (χ0n) is 18.2. The van der Waals surface area contributed by atoms with Crippen molar-refractivity contribution in [3.05, 3.63) is 81.0 Å². The number of halogens is 2. The molecule has 2 aliphatic rings. The first kappa shape index (κ1) is 23.5. The van der Waals surface area contributed by atoms with E-state index in [4.69, 9.17) is 37.4 Å². The number of rotatable bonds is 4. The van der Waals surface area contributed by atoms with E-state index in [0.717, 1.165) is 21.3 Å². The topological polar surface area (TPSA) is 99.2 Å². The number of allylic oxidation sites excluding steroid dienone is 1. The first-order chi connectivity index (χ1) is 16.2. The number of hydrogen-bond acceptors (Lipinski definition) is 7. The van der Waals surface area contributed by atoms with Gasteiger partial charge in [0.15, 0.2) is 0 Å². The molecule has 2 heterocycles. The monoisotopic (exact) mass is 501 g/mol. The van der Waals surface area contributed by atoms with E-state index in [-0.39, 0.29) is 33.1 Å². The number of ether oxygens (including phenoxy) is 3. The standard InChI is InChI=1S/C24H17Cl2NO7/c1-32-21(29)19-18(12-4-6-13(25)7-5-12)17-11-24(22(30)33-2,23(31)34-3)15-10-14(26)8-9-16(15)27(17)20(19)28/h4-11H,1-3H3. The summed E-state index contributed by atoms with van der Waals surface area (Å²) in [5.41, 5.74) is -1.44. The van der Waals surface area contributed by atoms with Gasteiger partial charge in [-0.1, -0.05) is 35.3 Å². The van der Waals surface area contributed by atoms with Gasteiger partial charge in [0.1, 0.15) is 5.57 Å². The van der Waals surface area contributed by atoms with Gasteiger partial charge < -0.3 is 14.2 Å². The second-order valence-corrected chi connectivity index (χ2v) is 8.24. The molecule has 2 aliphatic heterocycles. The Morgan fingerprint density at radius 3 is 2.00 bits per heavy atom. The summed E-state index contributed by atoms with van der Waals surface area (Å²) in [7, 11) is 3.39. The van der Waals surface area contributed by atoms with Crippen LogP contribution in [0.25, 0.3) is 5.57 Å². The fourth-order valence-corrected chi connectivity index (χ4v) is 4.49. The molecule has 174 valence electrons. The third-order valence-electron chi connectivity index (χ3n) is 5.68. The maximum Gasteiger partial charge on any atom is 0.344 e. The first-order valence-corrected chi connectivity index (χ1v) is 10.6. The molecule has 2 aromatic carbocycles. The van der Waals surface area contributed by atoms with Crippen molar-refractivity contribution in [2.24, 2.45) is 0 Å². The molecule has 4 rings (SSSR count). The van der Waals surface area contributed by atoms with Gasteiger partial charge in [-0.15, -0.1) is 0 Å². The molecule has 10 heteroatoms. The molecule has 34 heavy (non-hydrogen) atoms. The zero-order valence-corrected chi connectivity index (χ0v) is 19.7. The van der Waals surface area contributed by atoms with Crippen molar-refractivity contribution in [3.8, 4) is 0 Å². The Kier molecular flexibility index (Phi) is 5.97. The lowest BCUT2D eigenvalue weighted by molar-refractivity contribution is -0.159. The largest absolute Gasteiger partial charge is 0.468 e. The molecule has 0 fully saturated rings. The van der Waals surface area contributed by atoms with Crippen LogP contribution in [0.1, 0.15) is 11.1 Å². The third kappa shape index (κ3) is 3.29. The highest BCUT2D eigenvalue weighted by atomic mass is 35.5. The van der Waals surface area contributed by atoms with Crippen molar-refractivity contribution in [3.63, 3.8) is 0 Å². The normalized spacial score (nSPS) is 15.9. The van der Waals surface area contributed by atoms with Crippen molar-refractivity contribution < 1.29 is 33.4 Å². The second-order valence-electron chi connectivity index (χ2n) is 7.37. The molecule has 0 atom stereocenters. The van der Waals surface area contributed by atoms with Gasteiger partial charge in [0.25, 0.3) is 5.91 Å². The number of fused-ring (bicyclic) bond motifs is 3. The Bertz CT molecular complexity index is 1300. The Hall–Kier alpha value is -3.62. The molecular formula is C24H17Cl2NO7. The van der Waals surface area contributed by atoms with Crippen LogP contribution in [-0.4, -0.2) is 45.1 Å². The van der Waals surface area contributed by atoms with Gasteiger partial charge in [-0.2, -0.15) is 0 Å². The van der Waals surface area contributed by atoms with Crippen LogP contribution in [0, 0.1) is 0 Å². The summed E-state index contributed by atoms with van der Waals surface area (Å²) in [4.78, 5) is 53.8. The predicted molar refractivity (Wildman–Crippen MR) is 123 cm³/mol. The Balaban J connectivity index is 2.14. The van der Waals surface area contributed by atoms with Crippen molar-refractivity contribution in [2.75, 3.05) is 26.2 Å². The van der Waals surface area contributed by atoms with Crippen molar-refractivity contribution >= 4 is 58.3 Å². The summed E-state index contributed by atoms with van der Waals surface area (Å²) >= 11 is 12.2. The van der Waals surface area contributed by atoms with Crippen LogP contribution in [0.15, 0.2) is 59.8 Å². The molecule has 0 aromatic heterocycles. The van der Waals surface area contributed by atoms with Gasteiger partial charge in [0.2, 0.25) is 5.41 Å². The van der Waals surface area contributed by atoms with Gasteiger partial charge in [0.05, 0.1) is 32.7 Å². The van der Waals surface area contributed by atoms with Gasteiger partial charge in [-0.05, 0) is 42.0 Å². The fourth-order valence-electron chi connectivity index (χ4n) is 4.19. The average Bonchev–Trinajstić information content (AvgIpc) is 3.14. The molecule has 0 aliphatic carbocycles. The highest BCUT2D eigenvalue weighted by molar-refractivity contribution is 6.36. The van der Waals surface area contributed by atoms with E-state index in [1.54, 1.807) is 24.3 Å². The zero-order chi connectivity index (χ0) is 24.8. The number of nitrogens with zero attached hydrogens (tertiary/aromatic N) is 1. The van der Waals surface area contributed by atoms with E-state index in [9.17, 15) is 19.2 Å². The number of carbonyl (C=O) groups is 4. The molecular weight excluding hydrogens is 485 g/mol. The maximum absolute atomic E-state index is 13.6. The second kappa shape index (κ2) is 8.62. The smallest absolute Gasteiger partial charge is 0.344 e. The van der Waals surface area contributed by atoms with Crippen LogP contribution in [0.3, 0.4) is 0 Å². The molecule has 1 amide bonds. The van der Waals surface area contributed by atoms with Crippen molar-refractivity contribution in [1.29, 1.82) is 0 Å². The first-order valence-electron chi connectivity index (χ1n) is 9.84. The summed E-state index contributed by atoms with van der Waals surface area (Å²) in [5.74, 6) is -3.49. The van der Waals surface area contributed by atoms with E-state index < -0.39 is 29.2 Å². The number of amides is 1. The number of methoxy groups -OCH3 is 3. The van der Waals surface area contributed by atoms with E-state index in [2.05, 4.69) is 0 Å². The molecule has 0 saturated carbocycles. The van der Waals surface area contributed by atoms with E-state index in [0.29, 0.717) is 10.6 Å². The lowest BCUT2D eigenvalue weighted by Crippen LogP contribution is -2.48. The van der Waals surface area contributed by atoms with Gasteiger partial charge >= 0.3 is 17.9 Å². The Morgan fingerprint density at radius 1 is 0.853 bits per heavy atom. The Labute approximate surface area is 204 Å². The predicted octanol–water partition coefficient (Wildman–Crippen LogP) is 3.45. The Morgan fingerprint density at radius 2 is 1.44 bits per heavy atom. The molecule has 0 bridgehead atoms. The quantitative estimate of drug-likeness (QED) is 0.273. The number of anilines is 1. The molecule has 0 radical (unpaired) electrons. The molecule has 2 aromatic rings. The summed E-state index contributed by atoms with van der Waals surface area (Å²) < 4.78 is 14.8. The maximum atomic E-state index is 13.6. The summed E-state index contributed by atoms with van der Waals surface area (Å²) in [6.07, 6.45) is 1.25. The van der Waals surface area contributed by atoms with Crippen molar-refractivity contribution in [2.45, 2.75) is 5.41 Å². The SMILES string of the molecule is COC(=O)C1=C(c2ccc(Cl)cc2)C2=CC(C(=O)OC)(C(=O)OC)c3cc(Cl)ccc3N2C1=O. The highest BCUT2D eigenvalue weighted by Gasteiger charge is 2.56. The van der Waals surface area contributed by atoms with Crippen LogP contribution in [0.5, 0.6) is 0 Å². The molecule has 0 saturated heterocycles. The van der Waals surface area contributed by atoms with Crippen LogP contribution < -0.4 is 4.90 Å². The number of benzene rings is 2. The number of esters is 3. The van der Waals surface area contributed by atoms with Crippen LogP contribution >= 0.6 is 23.2 Å². The van der Waals surface area contributed by atoms with Crippen molar-refractivity contribution in [1.82, 2.24) is 0 Å². The molecule has 0 unspecified atom stereocenters. The highest BCUT2D eigenvalue weighted by Crippen LogP contribution is 2.50. The van der Waals surface area contributed by atoms with E-state index in [1.165, 1.54) is 29.2 Å². The lowest BCUT2D eigenvalue weighted by Gasteiger charge is -2.36. The van der Waals surface area contributed by atoms with Gasteiger partial charge in [0, 0.05) is 21.2 Å².